The number of halogens is 1. The van der Waals surface area contributed by atoms with Crippen molar-refractivity contribution < 1.29 is 47.5 Å². The number of carbonyl (C=O) groups is 2. The minimum absolute atomic E-state index is 0.0208. The van der Waals surface area contributed by atoms with Gasteiger partial charge < -0.3 is 37.7 Å². The second-order valence-electron chi connectivity index (χ2n) is 8.55. The van der Waals surface area contributed by atoms with E-state index in [2.05, 4.69) is 9.97 Å². The van der Waals surface area contributed by atoms with Gasteiger partial charge in [-0.3, -0.25) is 19.4 Å². The van der Waals surface area contributed by atoms with Crippen LogP contribution in [0.1, 0.15) is 44.9 Å². The van der Waals surface area contributed by atoms with E-state index in [1.54, 1.807) is 0 Å². The average molecular weight is 629 g/mol. The molecule has 0 bridgehead atoms. The molecule has 1 aliphatic rings. The minimum Gasteiger partial charge on any atom is -0.480 e. The second-order valence-corrected chi connectivity index (χ2v) is 13.3. The SMILES string of the molecule is CS(=O)(=O)CCNP1(=O)OCCC(OO)N1CCCl.NCCCCC(N)C(=O)O.NCCCCC(N)C(=O)O. The van der Waals surface area contributed by atoms with Crippen molar-refractivity contribution in [3.8, 4) is 0 Å². The van der Waals surface area contributed by atoms with Gasteiger partial charge in [-0.1, -0.05) is 12.8 Å². The third-order valence-corrected chi connectivity index (χ3v) is 8.50. The molecule has 19 heteroatoms. The molecule has 1 fully saturated rings. The molecule has 39 heavy (non-hydrogen) atoms. The summed E-state index contributed by atoms with van der Waals surface area (Å²) in [6, 6.07) is -1.43. The van der Waals surface area contributed by atoms with Gasteiger partial charge in [0.2, 0.25) is 0 Å². The van der Waals surface area contributed by atoms with Gasteiger partial charge in [-0.2, -0.15) is 4.67 Å². The van der Waals surface area contributed by atoms with E-state index in [0.717, 1.165) is 31.9 Å². The molecule has 0 saturated carbocycles. The van der Waals surface area contributed by atoms with Crippen molar-refractivity contribution in [2.75, 3.05) is 50.7 Å². The molecule has 0 radical (unpaired) electrons. The van der Waals surface area contributed by atoms with E-state index >= 15 is 0 Å². The smallest absolute Gasteiger partial charge is 0.345 e. The second kappa shape index (κ2) is 22.7. The zero-order chi connectivity index (χ0) is 30.5. The first-order valence-corrected chi connectivity index (χ1v) is 16.5. The number of nitrogens with two attached hydrogens (primary N) is 4. The van der Waals surface area contributed by atoms with Crippen LogP contribution in [0.5, 0.6) is 0 Å². The highest BCUT2D eigenvalue weighted by atomic mass is 35.5. The highest BCUT2D eigenvalue weighted by Crippen LogP contribution is 2.51. The molecule has 0 amide bonds. The van der Waals surface area contributed by atoms with Crippen LogP contribution in [-0.4, -0.2) is 109 Å². The van der Waals surface area contributed by atoms with E-state index in [1.165, 1.54) is 4.67 Å². The molecule has 0 aliphatic carbocycles. The third-order valence-electron chi connectivity index (χ3n) is 5.09. The van der Waals surface area contributed by atoms with Crippen LogP contribution in [-0.2, 0) is 33.4 Å². The molecule has 0 aromatic heterocycles. The number of alkyl halides is 1. The summed E-state index contributed by atoms with van der Waals surface area (Å²) in [5, 5.41) is 28.0. The molecule has 1 aliphatic heterocycles. The fourth-order valence-electron chi connectivity index (χ4n) is 2.91. The Labute approximate surface area is 235 Å². The standard InChI is InChI=1S/C8H18ClN2O6PS.2C6H14N2O2/c1-19(14,15)7-4-10-18(13)11(5-3-9)8(17-12)2-6-16-18;2*7-4-2-1-3-5(8)6(9)10/h8,12H,2-7H2,1H3,(H,10,13);2*5H,1-4,7-8H2,(H,9,10). The number of sulfone groups is 1. The number of hydrogen-bond donors (Lipinski definition) is 8. The lowest BCUT2D eigenvalue weighted by atomic mass is 10.1. The number of nitrogens with zero attached hydrogens (tertiary/aromatic N) is 1. The maximum Gasteiger partial charge on any atom is 0.345 e. The largest absolute Gasteiger partial charge is 0.480 e. The van der Waals surface area contributed by atoms with Crippen LogP contribution in [0.3, 0.4) is 0 Å². The number of nitrogens with one attached hydrogen (secondary N) is 1. The van der Waals surface area contributed by atoms with Gasteiger partial charge in [-0.15, -0.1) is 11.6 Å². The number of aliphatic carboxylic acids is 2. The topological polar surface area (TPSA) is 284 Å². The molecule has 234 valence electrons. The van der Waals surface area contributed by atoms with Gasteiger partial charge in [0.15, 0.2) is 6.23 Å². The van der Waals surface area contributed by atoms with E-state index in [1.807, 2.05) is 0 Å². The highest BCUT2D eigenvalue weighted by molar-refractivity contribution is 7.90. The lowest BCUT2D eigenvalue weighted by Gasteiger charge is -2.38. The van der Waals surface area contributed by atoms with Gasteiger partial charge in [0.1, 0.15) is 21.9 Å². The molecule has 0 aromatic rings. The Hall–Kier alpha value is -0.950. The van der Waals surface area contributed by atoms with E-state index in [0.29, 0.717) is 32.4 Å². The van der Waals surface area contributed by atoms with Crippen LogP contribution >= 0.6 is 19.3 Å². The third kappa shape index (κ3) is 20.6. The van der Waals surface area contributed by atoms with Crippen LogP contribution in [0.2, 0.25) is 0 Å². The predicted octanol–water partition coefficient (Wildman–Crippen LogP) is -0.440. The molecule has 16 nitrogen and oxygen atoms in total. The van der Waals surface area contributed by atoms with Crippen molar-refractivity contribution in [1.82, 2.24) is 9.76 Å². The Morgan fingerprint density at radius 3 is 1.95 bits per heavy atom. The van der Waals surface area contributed by atoms with Crippen molar-refractivity contribution in [3.05, 3.63) is 0 Å². The van der Waals surface area contributed by atoms with Crippen LogP contribution in [0, 0.1) is 0 Å². The maximum atomic E-state index is 12.6. The van der Waals surface area contributed by atoms with Crippen LogP contribution in [0.25, 0.3) is 0 Å². The van der Waals surface area contributed by atoms with Crippen LogP contribution < -0.4 is 28.0 Å². The number of carboxylic acid groups (broad SMARTS) is 2. The molecule has 12 N–H and O–H groups in total. The minimum atomic E-state index is -3.45. The highest BCUT2D eigenvalue weighted by Gasteiger charge is 2.41. The monoisotopic (exact) mass is 628 g/mol. The first-order valence-electron chi connectivity index (χ1n) is 12.4. The zero-order valence-corrected chi connectivity index (χ0v) is 24.8. The molecule has 0 aromatic carbocycles. The Balaban J connectivity index is 0. The van der Waals surface area contributed by atoms with Crippen molar-refractivity contribution in [2.24, 2.45) is 22.9 Å². The van der Waals surface area contributed by atoms with Crippen molar-refractivity contribution in [1.29, 1.82) is 0 Å². The number of carboxylic acids is 2. The average Bonchev–Trinajstić information content (AvgIpc) is 2.85. The van der Waals surface area contributed by atoms with E-state index in [-0.39, 0.29) is 31.3 Å². The van der Waals surface area contributed by atoms with Crippen molar-refractivity contribution >= 4 is 41.0 Å². The molecular weight excluding hydrogens is 583 g/mol. The molecule has 1 rings (SSSR count). The van der Waals surface area contributed by atoms with E-state index in [9.17, 15) is 22.6 Å². The van der Waals surface area contributed by atoms with Crippen molar-refractivity contribution in [3.63, 3.8) is 0 Å². The summed E-state index contributed by atoms with van der Waals surface area (Å²) in [5.74, 6) is -1.87. The Kier molecular flexibility index (Phi) is 23.4. The fraction of sp³-hybridized carbons (Fsp3) is 0.900. The van der Waals surface area contributed by atoms with Crippen LogP contribution in [0.15, 0.2) is 0 Å². The Bertz CT molecular complexity index is 803. The first-order chi connectivity index (χ1) is 18.2. The van der Waals surface area contributed by atoms with E-state index < -0.39 is 47.8 Å². The van der Waals surface area contributed by atoms with Crippen molar-refractivity contribution in [2.45, 2.75) is 63.3 Å². The first kappa shape index (κ1) is 40.2. The summed E-state index contributed by atoms with van der Waals surface area (Å²) in [7, 11) is -6.61. The number of hydrogen-bond acceptors (Lipinski definition) is 12. The van der Waals surface area contributed by atoms with Gasteiger partial charge in [-0.25, -0.2) is 18.4 Å². The van der Waals surface area contributed by atoms with Gasteiger partial charge in [0, 0.05) is 31.6 Å². The lowest BCUT2D eigenvalue weighted by Crippen LogP contribution is -2.44. The summed E-state index contributed by atoms with van der Waals surface area (Å²) in [4.78, 5) is 24.5. The summed E-state index contributed by atoms with van der Waals surface area (Å²) >= 11 is 5.61. The Morgan fingerprint density at radius 2 is 1.59 bits per heavy atom. The molecule has 1 heterocycles. The number of rotatable bonds is 17. The molecule has 1 saturated heterocycles. The summed E-state index contributed by atoms with van der Waals surface area (Å²) in [6.45, 7) is 1.49. The van der Waals surface area contributed by atoms with Gasteiger partial charge in [-0.05, 0) is 38.8 Å². The summed E-state index contributed by atoms with van der Waals surface area (Å²) in [6.07, 6.45) is 4.96. The van der Waals surface area contributed by atoms with Gasteiger partial charge >= 0.3 is 19.6 Å². The molecule has 4 atom stereocenters. The van der Waals surface area contributed by atoms with Gasteiger partial charge in [0.25, 0.3) is 0 Å². The normalized spacial score (nSPS) is 21.1. The van der Waals surface area contributed by atoms with Gasteiger partial charge in [0.05, 0.1) is 12.4 Å². The zero-order valence-electron chi connectivity index (χ0n) is 22.3. The molecule has 0 spiro atoms. The predicted molar refractivity (Wildman–Crippen MR) is 148 cm³/mol. The fourth-order valence-corrected chi connectivity index (χ4v) is 5.86. The Morgan fingerprint density at radius 1 is 1.10 bits per heavy atom. The summed E-state index contributed by atoms with van der Waals surface area (Å²) in [5.41, 5.74) is 20.8. The molecule has 4 unspecified atom stereocenters. The van der Waals surface area contributed by atoms with Crippen LogP contribution in [0.4, 0.5) is 0 Å². The quantitative estimate of drug-likeness (QED) is 0.0333. The number of unbranched alkanes of at least 4 members (excludes halogenated alkanes) is 2. The lowest BCUT2D eigenvalue weighted by molar-refractivity contribution is -0.308. The maximum absolute atomic E-state index is 12.6. The summed E-state index contributed by atoms with van der Waals surface area (Å²) < 4.78 is 41.1. The molecular formula is C20H46ClN6O10PS. The van der Waals surface area contributed by atoms with E-state index in [4.69, 9.17) is 54.5 Å².